The zero-order valence-corrected chi connectivity index (χ0v) is 38.4. The summed E-state index contributed by atoms with van der Waals surface area (Å²) in [6, 6.07) is 0. The number of esters is 1. The van der Waals surface area contributed by atoms with Crippen molar-refractivity contribution in [1.29, 1.82) is 0 Å². The second kappa shape index (κ2) is 19.6. The van der Waals surface area contributed by atoms with Crippen molar-refractivity contribution in [1.82, 2.24) is 0 Å². The first-order chi connectivity index (χ1) is 29.5. The van der Waals surface area contributed by atoms with Crippen LogP contribution in [-0.4, -0.2) is 134 Å². The molecule has 14 nitrogen and oxygen atoms in total. The standard InChI is InChI=1S/C48H72O14/c1-11-25(2)43-28(5)17-18-47(62-43)23-34-20-33(61-47)16-15-27(4)42(26(3)13-12-14-32-24-55-45-40(49)29(6)19-35(46(51)58-34)48(32,45)52)59-39-22-37(54-10)44(31(8)57-39)60-38-21-36(53-9)41(50)30(7)56-38/h12-15,19,25-26,28,30-31,33-39,41-45,50,52H,11,16-18,20-24H2,1-10H3/b13-12+,27-15+,32-14+/t25-,26-,28-,30-,31-,33+,34-,35-,36-,37-,38-,39-,41-,42-,43+,44-,45+,47+,48+/m0/s1. The smallest absolute Gasteiger partial charge is 0.316 e. The molecule has 6 aliphatic heterocycles. The Morgan fingerprint density at radius 2 is 1.65 bits per heavy atom. The lowest BCUT2D eigenvalue weighted by Gasteiger charge is -2.51. The summed E-state index contributed by atoms with van der Waals surface area (Å²) in [6.45, 7) is 16.1. The molecule has 348 valence electrons. The predicted octanol–water partition coefficient (Wildman–Crippen LogP) is 5.81. The van der Waals surface area contributed by atoms with Crippen molar-refractivity contribution in [3.8, 4) is 0 Å². The molecular weight excluding hydrogens is 801 g/mol. The van der Waals surface area contributed by atoms with Gasteiger partial charge >= 0.3 is 5.97 Å². The van der Waals surface area contributed by atoms with Gasteiger partial charge in [-0.1, -0.05) is 64.5 Å². The molecule has 0 aromatic rings. The van der Waals surface area contributed by atoms with E-state index in [0.29, 0.717) is 61.5 Å². The van der Waals surface area contributed by atoms with Crippen LogP contribution >= 0.6 is 0 Å². The Balaban J connectivity index is 1.18. The van der Waals surface area contributed by atoms with Gasteiger partial charge in [0.1, 0.15) is 29.8 Å². The lowest BCUT2D eigenvalue weighted by molar-refractivity contribution is -0.340. The zero-order chi connectivity index (χ0) is 44.7. The van der Waals surface area contributed by atoms with Gasteiger partial charge in [-0.2, -0.15) is 0 Å². The minimum Gasteiger partial charge on any atom is -0.462 e. The first-order valence-corrected chi connectivity index (χ1v) is 23.0. The number of Topliss-reactive ketones (excluding diaryl/α,β-unsaturated/α-hetero) is 1. The number of rotatable bonds is 8. The fourth-order valence-electron chi connectivity index (χ4n) is 10.8. The van der Waals surface area contributed by atoms with E-state index in [1.165, 1.54) is 6.08 Å². The molecular formula is C48H72O14. The van der Waals surface area contributed by atoms with Gasteiger partial charge in [-0.25, -0.2) is 0 Å². The fourth-order valence-corrected chi connectivity index (χ4v) is 10.8. The summed E-state index contributed by atoms with van der Waals surface area (Å²) in [7, 11) is 3.22. The van der Waals surface area contributed by atoms with Crippen LogP contribution in [0.3, 0.4) is 0 Å². The maximum absolute atomic E-state index is 14.3. The van der Waals surface area contributed by atoms with Gasteiger partial charge < -0.3 is 57.6 Å². The first-order valence-electron chi connectivity index (χ1n) is 23.0. The van der Waals surface area contributed by atoms with Gasteiger partial charge in [0.2, 0.25) is 0 Å². The molecule has 1 aliphatic carbocycles. The summed E-state index contributed by atoms with van der Waals surface area (Å²) in [5.41, 5.74) is -0.178. The third-order valence-corrected chi connectivity index (χ3v) is 14.7. The van der Waals surface area contributed by atoms with E-state index in [0.717, 1.165) is 18.4 Å². The summed E-state index contributed by atoms with van der Waals surface area (Å²) in [4.78, 5) is 27.8. The normalized spacial score (nSPS) is 48.2. The highest BCUT2D eigenvalue weighted by molar-refractivity contribution is 6.03. The van der Waals surface area contributed by atoms with Crippen LogP contribution in [-0.2, 0) is 57.0 Å². The van der Waals surface area contributed by atoms with Crippen molar-refractivity contribution in [3.05, 3.63) is 47.1 Å². The average molecular weight is 873 g/mol. The van der Waals surface area contributed by atoms with Crippen LogP contribution in [0.2, 0.25) is 0 Å². The second-order valence-corrected chi connectivity index (χ2v) is 19.2. The largest absolute Gasteiger partial charge is 0.462 e. The number of carbonyl (C=O) groups is 2. The number of ketones is 1. The van der Waals surface area contributed by atoms with Crippen molar-refractivity contribution >= 4 is 11.8 Å². The summed E-state index contributed by atoms with van der Waals surface area (Å²) >= 11 is 0. The second-order valence-electron chi connectivity index (χ2n) is 19.2. The molecule has 5 saturated heterocycles. The SMILES string of the molecule is CC[C@H](C)[C@H]1O[C@]2(CC[C@@H]1C)C[C@@H]1C[C@@H](C/C=C(\C)[C@@H](O[C@H]3C[C@H](OC)[C@@H](O[C@H]4C[C@H](OC)[C@@H](O)[C@H](C)O4)[C@H](C)O3)[C@@H](C)/C=C/C=C3\CO[C@@H]4C(=O)C(C)=C[C@@H](C(=O)O1)[C@]34O)O2. The van der Waals surface area contributed by atoms with Crippen LogP contribution in [0, 0.1) is 23.7 Å². The number of carbonyl (C=O) groups excluding carboxylic acids is 2. The highest BCUT2D eigenvalue weighted by atomic mass is 16.7. The Morgan fingerprint density at radius 1 is 0.935 bits per heavy atom. The number of ether oxygens (including phenoxy) is 10. The molecule has 0 unspecified atom stereocenters. The number of hydrogen-bond acceptors (Lipinski definition) is 14. The van der Waals surface area contributed by atoms with Crippen LogP contribution in [0.15, 0.2) is 47.1 Å². The molecule has 2 N–H and O–H groups in total. The molecule has 19 atom stereocenters. The summed E-state index contributed by atoms with van der Waals surface area (Å²) in [5.74, 6) is -2.60. The summed E-state index contributed by atoms with van der Waals surface area (Å²) in [6.07, 6.45) is 7.03. The van der Waals surface area contributed by atoms with Crippen molar-refractivity contribution in [2.45, 2.75) is 198 Å². The van der Waals surface area contributed by atoms with Crippen molar-refractivity contribution in [3.63, 3.8) is 0 Å². The van der Waals surface area contributed by atoms with E-state index in [-0.39, 0.29) is 36.6 Å². The van der Waals surface area contributed by atoms with Crippen LogP contribution < -0.4 is 0 Å². The number of hydrogen-bond donors (Lipinski definition) is 2. The quantitative estimate of drug-likeness (QED) is 0.222. The van der Waals surface area contributed by atoms with E-state index in [4.69, 9.17) is 47.4 Å². The highest BCUT2D eigenvalue weighted by Crippen LogP contribution is 2.47. The van der Waals surface area contributed by atoms with E-state index in [9.17, 15) is 19.8 Å². The first kappa shape index (κ1) is 47.6. The lowest BCUT2D eigenvalue weighted by Crippen LogP contribution is -2.57. The van der Waals surface area contributed by atoms with Crippen LogP contribution in [0.4, 0.5) is 0 Å². The zero-order valence-electron chi connectivity index (χ0n) is 38.4. The van der Waals surface area contributed by atoms with E-state index >= 15 is 0 Å². The number of allylic oxidation sites excluding steroid dienone is 2. The molecule has 0 aromatic heterocycles. The maximum atomic E-state index is 14.3. The Kier molecular flexibility index (Phi) is 15.1. The maximum Gasteiger partial charge on any atom is 0.316 e. The van der Waals surface area contributed by atoms with Crippen molar-refractivity contribution < 1.29 is 67.2 Å². The number of aliphatic hydroxyl groups is 2. The van der Waals surface area contributed by atoms with Gasteiger partial charge in [0.05, 0.1) is 49.3 Å². The fraction of sp³-hybridized carbons (Fsp3) is 0.792. The lowest BCUT2D eigenvalue weighted by atomic mass is 9.71. The van der Waals surface area contributed by atoms with Crippen LogP contribution in [0.5, 0.6) is 0 Å². The molecule has 7 rings (SSSR count). The molecule has 0 radical (unpaired) electrons. The van der Waals surface area contributed by atoms with Gasteiger partial charge in [0.25, 0.3) is 0 Å². The van der Waals surface area contributed by atoms with Crippen LogP contribution in [0.1, 0.15) is 107 Å². The number of methoxy groups -OCH3 is 2. The van der Waals surface area contributed by atoms with E-state index in [1.54, 1.807) is 34.1 Å². The van der Waals surface area contributed by atoms with Gasteiger partial charge in [0, 0.05) is 52.2 Å². The molecule has 0 amide bonds. The Labute approximate surface area is 367 Å². The van der Waals surface area contributed by atoms with Gasteiger partial charge in [-0.05, 0) is 69.1 Å². The van der Waals surface area contributed by atoms with E-state index in [2.05, 4.69) is 33.8 Å². The van der Waals surface area contributed by atoms with Crippen LogP contribution in [0.25, 0.3) is 0 Å². The highest BCUT2D eigenvalue weighted by Gasteiger charge is 2.60. The average Bonchev–Trinajstić information content (AvgIpc) is 3.58. The minimum absolute atomic E-state index is 0.0168. The molecule has 0 aromatic carbocycles. The topological polar surface area (TPSA) is 167 Å². The molecule has 14 heteroatoms. The minimum atomic E-state index is -1.92. The molecule has 7 aliphatic rings. The molecule has 6 heterocycles. The molecule has 0 saturated carbocycles. The predicted molar refractivity (Wildman–Crippen MR) is 226 cm³/mol. The molecule has 62 heavy (non-hydrogen) atoms. The Bertz CT molecular complexity index is 1720. The van der Waals surface area contributed by atoms with Crippen molar-refractivity contribution in [2.75, 3.05) is 20.8 Å². The van der Waals surface area contributed by atoms with E-state index < -0.39 is 84.7 Å². The molecule has 2 bridgehead atoms. The summed E-state index contributed by atoms with van der Waals surface area (Å²) in [5, 5.41) is 23.0. The molecule has 1 spiro atoms. The Morgan fingerprint density at radius 3 is 2.37 bits per heavy atom. The number of fused-ring (bicyclic) bond motifs is 2. The third-order valence-electron chi connectivity index (χ3n) is 14.7. The summed E-state index contributed by atoms with van der Waals surface area (Å²) < 4.78 is 63.7. The van der Waals surface area contributed by atoms with Gasteiger partial charge in [0.15, 0.2) is 30.3 Å². The van der Waals surface area contributed by atoms with E-state index in [1.807, 2.05) is 26.0 Å². The van der Waals surface area contributed by atoms with Crippen molar-refractivity contribution in [2.24, 2.45) is 23.7 Å². The van der Waals surface area contributed by atoms with Gasteiger partial charge in [-0.15, -0.1) is 0 Å². The molecule has 5 fully saturated rings. The monoisotopic (exact) mass is 872 g/mol. The Hall–Kier alpha value is -2.34. The van der Waals surface area contributed by atoms with Gasteiger partial charge in [-0.3, -0.25) is 9.59 Å². The number of aliphatic hydroxyl groups excluding tert-OH is 1. The third kappa shape index (κ3) is 9.63.